The molecular weight excluding hydrogens is 378 g/mol. The molecule has 2 atom stereocenters. The molecule has 1 amide bonds. The zero-order valence-electron chi connectivity index (χ0n) is 16.1. The van der Waals surface area contributed by atoms with Crippen molar-refractivity contribution in [3.8, 4) is 5.75 Å². The third-order valence-electron chi connectivity index (χ3n) is 5.00. The Morgan fingerprint density at radius 3 is 2.59 bits per heavy atom. The zero-order chi connectivity index (χ0) is 21.0. The first-order valence-corrected chi connectivity index (χ1v) is 9.04. The maximum atomic E-state index is 12.6. The molecule has 1 heterocycles. The topological polar surface area (TPSA) is 112 Å². The Labute approximate surface area is 167 Å². The van der Waals surface area contributed by atoms with Crippen LogP contribution in [-0.2, 0) is 27.3 Å². The molecule has 0 aromatic heterocycles. The molecule has 0 radical (unpaired) electrons. The van der Waals surface area contributed by atoms with Gasteiger partial charge in [0.1, 0.15) is 18.0 Å². The lowest BCUT2D eigenvalue weighted by Gasteiger charge is -2.31. The SMILES string of the molecule is COC(=O)[C@H]1Cc2ccccc2C[NH+]1CC(=O)Nc1ccc(OC)cc1[N+](=O)[O-]. The Kier molecular flexibility index (Phi) is 6.08. The highest BCUT2D eigenvalue weighted by Gasteiger charge is 2.37. The molecule has 2 aromatic rings. The number of nitro groups is 1. The maximum Gasteiger partial charge on any atom is 0.365 e. The van der Waals surface area contributed by atoms with Crippen LogP contribution >= 0.6 is 0 Å². The summed E-state index contributed by atoms with van der Waals surface area (Å²) in [4.78, 5) is 36.4. The van der Waals surface area contributed by atoms with E-state index in [2.05, 4.69) is 5.32 Å². The number of ether oxygens (including phenoxy) is 2. The highest BCUT2D eigenvalue weighted by molar-refractivity contribution is 5.94. The minimum absolute atomic E-state index is 0.0305. The van der Waals surface area contributed by atoms with Crippen LogP contribution in [0.15, 0.2) is 42.5 Å². The van der Waals surface area contributed by atoms with Crippen molar-refractivity contribution in [2.24, 2.45) is 0 Å². The number of nitrogens with one attached hydrogen (secondary N) is 2. The monoisotopic (exact) mass is 400 g/mol. The number of quaternary nitrogens is 1. The summed E-state index contributed by atoms with van der Waals surface area (Å²) in [6.45, 7) is 0.450. The van der Waals surface area contributed by atoms with Gasteiger partial charge in [-0.3, -0.25) is 14.9 Å². The largest absolute Gasteiger partial charge is 0.496 e. The van der Waals surface area contributed by atoms with Gasteiger partial charge in [-0.1, -0.05) is 24.3 Å². The van der Waals surface area contributed by atoms with Crippen molar-refractivity contribution in [1.29, 1.82) is 0 Å². The van der Waals surface area contributed by atoms with E-state index < -0.39 is 22.8 Å². The van der Waals surface area contributed by atoms with Crippen molar-refractivity contribution >= 4 is 23.3 Å². The van der Waals surface area contributed by atoms with Crippen LogP contribution in [0.2, 0.25) is 0 Å². The molecule has 0 bridgehead atoms. The van der Waals surface area contributed by atoms with E-state index in [4.69, 9.17) is 9.47 Å². The number of anilines is 1. The van der Waals surface area contributed by atoms with E-state index in [1.807, 2.05) is 24.3 Å². The summed E-state index contributed by atoms with van der Waals surface area (Å²) >= 11 is 0. The van der Waals surface area contributed by atoms with Gasteiger partial charge in [-0.25, -0.2) is 4.79 Å². The van der Waals surface area contributed by atoms with E-state index in [1.165, 1.54) is 32.4 Å². The summed E-state index contributed by atoms with van der Waals surface area (Å²) in [6, 6.07) is 11.4. The molecule has 3 rings (SSSR count). The van der Waals surface area contributed by atoms with Crippen LogP contribution in [0.3, 0.4) is 0 Å². The molecule has 0 saturated heterocycles. The number of hydrogen-bond donors (Lipinski definition) is 2. The molecule has 0 aliphatic carbocycles. The van der Waals surface area contributed by atoms with Crippen LogP contribution in [-0.4, -0.2) is 43.6 Å². The van der Waals surface area contributed by atoms with E-state index in [-0.39, 0.29) is 17.9 Å². The fraction of sp³-hybridized carbons (Fsp3) is 0.300. The number of rotatable bonds is 6. The molecule has 2 N–H and O–H groups in total. The van der Waals surface area contributed by atoms with Gasteiger partial charge in [0.25, 0.3) is 11.6 Å². The third-order valence-corrected chi connectivity index (χ3v) is 5.00. The van der Waals surface area contributed by atoms with Gasteiger partial charge in [-0.2, -0.15) is 0 Å². The van der Waals surface area contributed by atoms with Gasteiger partial charge >= 0.3 is 5.97 Å². The van der Waals surface area contributed by atoms with Crippen LogP contribution < -0.4 is 15.0 Å². The molecule has 29 heavy (non-hydrogen) atoms. The summed E-state index contributed by atoms with van der Waals surface area (Å²) in [5, 5.41) is 13.9. The second-order valence-corrected chi connectivity index (χ2v) is 6.75. The van der Waals surface area contributed by atoms with Crippen LogP contribution in [0.5, 0.6) is 5.75 Å². The van der Waals surface area contributed by atoms with Crippen molar-refractivity contribution < 1.29 is 28.9 Å². The highest BCUT2D eigenvalue weighted by atomic mass is 16.6. The molecule has 0 spiro atoms. The average Bonchev–Trinajstić information content (AvgIpc) is 2.72. The number of fused-ring (bicyclic) bond motifs is 1. The lowest BCUT2D eigenvalue weighted by atomic mass is 9.94. The fourth-order valence-electron chi connectivity index (χ4n) is 3.53. The quantitative estimate of drug-likeness (QED) is 0.420. The third kappa shape index (κ3) is 4.52. The molecule has 9 heteroatoms. The Bertz CT molecular complexity index is 946. The molecule has 0 saturated carbocycles. The number of carbonyl (C=O) groups is 2. The Hall–Kier alpha value is -3.46. The van der Waals surface area contributed by atoms with Gasteiger partial charge < -0.3 is 19.7 Å². The number of hydrogen-bond acceptors (Lipinski definition) is 6. The second-order valence-electron chi connectivity index (χ2n) is 6.75. The average molecular weight is 400 g/mol. The van der Waals surface area contributed by atoms with Gasteiger partial charge in [0, 0.05) is 12.0 Å². The fourth-order valence-corrected chi connectivity index (χ4v) is 3.53. The van der Waals surface area contributed by atoms with Crippen LogP contribution in [0.25, 0.3) is 0 Å². The summed E-state index contributed by atoms with van der Waals surface area (Å²) in [6.07, 6.45) is 0.466. The number of nitrogens with zero attached hydrogens (tertiary/aromatic N) is 1. The lowest BCUT2D eigenvalue weighted by Crippen LogP contribution is -3.17. The summed E-state index contributed by atoms with van der Waals surface area (Å²) in [5.74, 6) is -0.502. The Morgan fingerprint density at radius 1 is 1.21 bits per heavy atom. The number of benzene rings is 2. The minimum atomic E-state index is -0.584. The number of esters is 1. The van der Waals surface area contributed by atoms with Gasteiger partial charge in [-0.05, 0) is 17.7 Å². The van der Waals surface area contributed by atoms with Gasteiger partial charge in [-0.15, -0.1) is 0 Å². The number of methoxy groups -OCH3 is 2. The minimum Gasteiger partial charge on any atom is -0.496 e. The van der Waals surface area contributed by atoms with Gasteiger partial charge in [0.2, 0.25) is 0 Å². The molecule has 1 aliphatic rings. The predicted octanol–water partition coefficient (Wildman–Crippen LogP) is 0.725. The number of carbonyl (C=O) groups excluding carboxylic acids is 2. The van der Waals surface area contributed by atoms with E-state index in [9.17, 15) is 19.7 Å². The smallest absolute Gasteiger partial charge is 0.365 e. The van der Waals surface area contributed by atoms with Crippen LogP contribution in [0.1, 0.15) is 11.1 Å². The van der Waals surface area contributed by atoms with Gasteiger partial charge in [0.15, 0.2) is 12.6 Å². The van der Waals surface area contributed by atoms with Crippen molar-refractivity contribution in [2.75, 3.05) is 26.1 Å². The summed E-state index contributed by atoms with van der Waals surface area (Å²) in [7, 11) is 2.73. The lowest BCUT2D eigenvalue weighted by molar-refractivity contribution is -0.924. The Morgan fingerprint density at radius 2 is 1.93 bits per heavy atom. The first-order chi connectivity index (χ1) is 13.9. The number of amides is 1. The standard InChI is InChI=1S/C20H21N3O6/c1-28-15-7-8-16(17(10-15)23(26)27)21-19(24)12-22-11-14-6-4-3-5-13(14)9-18(22)20(25)29-2/h3-8,10,18H,9,11-12H2,1-2H3,(H,21,24)/p+1/t18-/m1/s1. The van der Waals surface area contributed by atoms with Crippen molar-refractivity contribution in [2.45, 2.75) is 19.0 Å². The first-order valence-electron chi connectivity index (χ1n) is 9.04. The normalized spacial score (nSPS) is 17.7. The molecule has 1 aliphatic heterocycles. The van der Waals surface area contributed by atoms with E-state index in [0.717, 1.165) is 16.0 Å². The maximum absolute atomic E-state index is 12.6. The van der Waals surface area contributed by atoms with Gasteiger partial charge in [0.05, 0.1) is 25.2 Å². The molecule has 2 aromatic carbocycles. The van der Waals surface area contributed by atoms with E-state index in [0.29, 0.717) is 18.7 Å². The van der Waals surface area contributed by atoms with Crippen LogP contribution in [0.4, 0.5) is 11.4 Å². The molecule has 1 unspecified atom stereocenters. The molecule has 9 nitrogen and oxygen atoms in total. The molecular formula is C20H22N3O6+. The molecule has 152 valence electrons. The van der Waals surface area contributed by atoms with Crippen molar-refractivity contribution in [1.82, 2.24) is 0 Å². The van der Waals surface area contributed by atoms with Crippen molar-refractivity contribution in [3.05, 3.63) is 63.7 Å². The van der Waals surface area contributed by atoms with Crippen LogP contribution in [0, 0.1) is 10.1 Å². The molecule has 0 fully saturated rings. The summed E-state index contributed by atoms with van der Waals surface area (Å²) in [5.41, 5.74) is 1.93. The summed E-state index contributed by atoms with van der Waals surface area (Å²) < 4.78 is 9.92. The highest BCUT2D eigenvalue weighted by Crippen LogP contribution is 2.28. The predicted molar refractivity (Wildman–Crippen MR) is 104 cm³/mol. The second kappa shape index (κ2) is 8.70. The number of nitro benzene ring substituents is 1. The van der Waals surface area contributed by atoms with E-state index >= 15 is 0 Å². The van der Waals surface area contributed by atoms with Crippen molar-refractivity contribution in [3.63, 3.8) is 0 Å². The van der Waals surface area contributed by atoms with E-state index in [1.54, 1.807) is 0 Å². The first kappa shape index (κ1) is 20.3. The Balaban J connectivity index is 1.78. The zero-order valence-corrected chi connectivity index (χ0v) is 16.1.